The van der Waals surface area contributed by atoms with E-state index in [1.54, 1.807) is 24.4 Å². The predicted molar refractivity (Wildman–Crippen MR) is 74.6 cm³/mol. The third kappa shape index (κ3) is 2.20. The number of nitrogens with one attached hydrogen (secondary N) is 1. The summed E-state index contributed by atoms with van der Waals surface area (Å²) in [6.07, 6.45) is 2.01. The first-order valence-electron chi connectivity index (χ1n) is 6.15. The van der Waals surface area contributed by atoms with Gasteiger partial charge in [-0.25, -0.2) is 0 Å². The van der Waals surface area contributed by atoms with E-state index in [-0.39, 0.29) is 5.91 Å². The van der Waals surface area contributed by atoms with Crippen LogP contribution in [0.5, 0.6) is 0 Å². The van der Waals surface area contributed by atoms with Gasteiger partial charge in [0.25, 0.3) is 0 Å². The molecule has 0 bridgehead atoms. The number of pyridine rings is 1. The van der Waals surface area contributed by atoms with Gasteiger partial charge in [0.2, 0.25) is 5.91 Å². The van der Waals surface area contributed by atoms with Crippen molar-refractivity contribution in [1.29, 1.82) is 0 Å². The number of carbonyl (C=O) groups excluding carboxylic acids is 1. The van der Waals surface area contributed by atoms with E-state index in [4.69, 9.17) is 16.7 Å². The standard InChI is InChI=1S/C14H11ClN2O3/c15-10-3-4-11(12-7(10)2-1-5-16-12)17-13(18)8-6-9(8)14(19)20/h1-5,8-9H,6H2,(H,17,18)(H,19,20). The van der Waals surface area contributed by atoms with Gasteiger partial charge in [-0.1, -0.05) is 11.6 Å². The van der Waals surface area contributed by atoms with Crippen LogP contribution in [0.4, 0.5) is 5.69 Å². The molecule has 0 radical (unpaired) electrons. The van der Waals surface area contributed by atoms with Gasteiger partial charge in [0.15, 0.2) is 0 Å². The summed E-state index contributed by atoms with van der Waals surface area (Å²) in [5, 5.41) is 12.9. The van der Waals surface area contributed by atoms with Gasteiger partial charge < -0.3 is 10.4 Å². The van der Waals surface area contributed by atoms with E-state index in [9.17, 15) is 9.59 Å². The lowest BCUT2D eigenvalue weighted by Crippen LogP contribution is -2.17. The molecule has 2 N–H and O–H groups in total. The summed E-state index contributed by atoms with van der Waals surface area (Å²) < 4.78 is 0. The zero-order chi connectivity index (χ0) is 14.3. The van der Waals surface area contributed by atoms with Crippen molar-refractivity contribution >= 4 is 40.1 Å². The van der Waals surface area contributed by atoms with Gasteiger partial charge >= 0.3 is 5.97 Å². The minimum Gasteiger partial charge on any atom is -0.481 e. The lowest BCUT2D eigenvalue weighted by Gasteiger charge is -2.08. The van der Waals surface area contributed by atoms with Crippen molar-refractivity contribution in [3.8, 4) is 0 Å². The number of benzene rings is 1. The van der Waals surface area contributed by atoms with E-state index in [2.05, 4.69) is 10.3 Å². The molecule has 2 unspecified atom stereocenters. The topological polar surface area (TPSA) is 79.3 Å². The van der Waals surface area contributed by atoms with Crippen molar-refractivity contribution in [2.45, 2.75) is 6.42 Å². The second kappa shape index (κ2) is 4.76. The Morgan fingerprint density at radius 2 is 2.10 bits per heavy atom. The van der Waals surface area contributed by atoms with Gasteiger partial charge in [0.05, 0.1) is 28.1 Å². The molecule has 5 nitrogen and oxygen atoms in total. The largest absolute Gasteiger partial charge is 0.481 e. The third-order valence-corrected chi connectivity index (χ3v) is 3.75. The number of hydrogen-bond donors (Lipinski definition) is 2. The van der Waals surface area contributed by atoms with Crippen LogP contribution >= 0.6 is 11.6 Å². The maximum Gasteiger partial charge on any atom is 0.307 e. The molecule has 1 aliphatic rings. The first-order chi connectivity index (χ1) is 9.58. The number of carboxylic acids is 1. The van der Waals surface area contributed by atoms with Gasteiger partial charge in [-0.2, -0.15) is 0 Å². The van der Waals surface area contributed by atoms with Crippen molar-refractivity contribution in [3.63, 3.8) is 0 Å². The normalized spacial score (nSPS) is 20.6. The summed E-state index contributed by atoms with van der Waals surface area (Å²) >= 11 is 6.07. The molecule has 1 aliphatic carbocycles. The molecule has 1 heterocycles. The lowest BCUT2D eigenvalue weighted by atomic mass is 10.2. The van der Waals surface area contributed by atoms with Crippen molar-refractivity contribution in [2.24, 2.45) is 11.8 Å². The molecule has 0 saturated heterocycles. The highest BCUT2D eigenvalue weighted by Crippen LogP contribution is 2.40. The highest BCUT2D eigenvalue weighted by molar-refractivity contribution is 6.36. The van der Waals surface area contributed by atoms with Crippen LogP contribution in [0.1, 0.15) is 6.42 Å². The quantitative estimate of drug-likeness (QED) is 0.910. The zero-order valence-electron chi connectivity index (χ0n) is 10.3. The zero-order valence-corrected chi connectivity index (χ0v) is 11.1. The number of halogens is 1. The number of nitrogens with zero attached hydrogens (tertiary/aromatic N) is 1. The number of carboxylic acid groups (broad SMARTS) is 1. The molecule has 1 amide bonds. The Balaban J connectivity index is 1.87. The fraction of sp³-hybridized carbons (Fsp3) is 0.214. The molecule has 1 saturated carbocycles. The molecule has 3 rings (SSSR count). The second-order valence-electron chi connectivity index (χ2n) is 4.77. The van der Waals surface area contributed by atoms with Crippen LogP contribution in [0.15, 0.2) is 30.5 Å². The summed E-state index contributed by atoms with van der Waals surface area (Å²) in [6, 6.07) is 6.94. The number of carbonyl (C=O) groups is 2. The molecular weight excluding hydrogens is 280 g/mol. The average Bonchev–Trinajstić information content (AvgIpc) is 3.23. The Kier molecular flexibility index (Phi) is 3.06. The van der Waals surface area contributed by atoms with Crippen molar-refractivity contribution in [3.05, 3.63) is 35.5 Å². The van der Waals surface area contributed by atoms with E-state index < -0.39 is 17.8 Å². The van der Waals surface area contributed by atoms with Crippen molar-refractivity contribution in [2.75, 3.05) is 5.32 Å². The van der Waals surface area contributed by atoms with E-state index in [1.165, 1.54) is 0 Å². The van der Waals surface area contributed by atoms with Gasteiger partial charge in [-0.15, -0.1) is 0 Å². The molecule has 1 aromatic carbocycles. The Morgan fingerprint density at radius 3 is 2.80 bits per heavy atom. The van der Waals surface area contributed by atoms with E-state index >= 15 is 0 Å². The third-order valence-electron chi connectivity index (χ3n) is 3.42. The van der Waals surface area contributed by atoms with E-state index in [1.807, 2.05) is 6.07 Å². The molecule has 6 heteroatoms. The van der Waals surface area contributed by atoms with Crippen molar-refractivity contribution < 1.29 is 14.7 Å². The minimum atomic E-state index is -0.927. The Bertz CT molecular complexity index is 717. The molecule has 0 aliphatic heterocycles. The van der Waals surface area contributed by atoms with Gasteiger partial charge in [-0.3, -0.25) is 14.6 Å². The van der Waals surface area contributed by atoms with Crippen molar-refractivity contribution in [1.82, 2.24) is 4.98 Å². The molecule has 102 valence electrons. The van der Waals surface area contributed by atoms with Crippen LogP contribution in [0.3, 0.4) is 0 Å². The maximum atomic E-state index is 12.0. The summed E-state index contributed by atoms with van der Waals surface area (Å²) in [5.74, 6) is -2.24. The number of aromatic nitrogens is 1. The average molecular weight is 291 g/mol. The Morgan fingerprint density at radius 1 is 1.30 bits per heavy atom. The highest BCUT2D eigenvalue weighted by Gasteiger charge is 2.48. The molecular formula is C14H11ClN2O3. The Hall–Kier alpha value is -2.14. The summed E-state index contributed by atoms with van der Waals surface area (Å²) in [5.41, 5.74) is 1.15. The van der Waals surface area contributed by atoms with Crippen LogP contribution in [0, 0.1) is 11.8 Å². The number of rotatable bonds is 3. The first-order valence-corrected chi connectivity index (χ1v) is 6.52. The van der Waals surface area contributed by atoms with Crippen LogP contribution in [-0.4, -0.2) is 22.0 Å². The fourth-order valence-electron chi connectivity index (χ4n) is 2.22. The SMILES string of the molecule is O=C(O)C1CC1C(=O)Nc1ccc(Cl)c2cccnc12. The Labute approximate surface area is 119 Å². The van der Waals surface area contributed by atoms with Crippen LogP contribution in [0.2, 0.25) is 5.02 Å². The minimum absolute atomic E-state index is 0.285. The fourth-order valence-corrected chi connectivity index (χ4v) is 2.44. The highest BCUT2D eigenvalue weighted by atomic mass is 35.5. The number of fused-ring (bicyclic) bond motifs is 1. The monoisotopic (exact) mass is 290 g/mol. The molecule has 20 heavy (non-hydrogen) atoms. The van der Waals surface area contributed by atoms with Gasteiger partial charge in [0, 0.05) is 11.6 Å². The van der Waals surface area contributed by atoms with Crippen LogP contribution in [-0.2, 0) is 9.59 Å². The van der Waals surface area contributed by atoms with Crippen LogP contribution < -0.4 is 5.32 Å². The number of amides is 1. The van der Waals surface area contributed by atoms with E-state index in [0.717, 1.165) is 5.39 Å². The molecule has 1 fully saturated rings. The van der Waals surface area contributed by atoms with Gasteiger partial charge in [-0.05, 0) is 30.7 Å². The molecule has 1 aromatic heterocycles. The van der Waals surface area contributed by atoms with Gasteiger partial charge in [0.1, 0.15) is 0 Å². The summed E-state index contributed by atoms with van der Waals surface area (Å²) in [6.45, 7) is 0. The maximum absolute atomic E-state index is 12.0. The lowest BCUT2D eigenvalue weighted by molar-refractivity contribution is -0.139. The molecule has 0 spiro atoms. The molecule has 2 atom stereocenters. The van der Waals surface area contributed by atoms with E-state index in [0.29, 0.717) is 22.6 Å². The summed E-state index contributed by atoms with van der Waals surface area (Å²) in [7, 11) is 0. The second-order valence-corrected chi connectivity index (χ2v) is 5.18. The number of aliphatic carboxylic acids is 1. The smallest absolute Gasteiger partial charge is 0.307 e. The van der Waals surface area contributed by atoms with Crippen LogP contribution in [0.25, 0.3) is 10.9 Å². The number of hydrogen-bond acceptors (Lipinski definition) is 3. The molecule has 2 aromatic rings. The predicted octanol–water partition coefficient (Wildman–Crippen LogP) is 2.55. The number of anilines is 1. The summed E-state index contributed by atoms with van der Waals surface area (Å²) in [4.78, 5) is 27.0. The first kappa shape index (κ1) is 12.9.